The topological polar surface area (TPSA) is 47.6 Å². The van der Waals surface area contributed by atoms with Gasteiger partial charge in [0.15, 0.2) is 0 Å². The summed E-state index contributed by atoms with van der Waals surface area (Å²) in [5.74, 6) is 3.51. The van der Waals surface area contributed by atoms with E-state index in [1.807, 2.05) is 60.7 Å². The second kappa shape index (κ2) is 8.36. The van der Waals surface area contributed by atoms with Gasteiger partial charge in [0, 0.05) is 28.4 Å². The Balaban J connectivity index is 1.67. The van der Waals surface area contributed by atoms with Gasteiger partial charge in [0.25, 0.3) is 0 Å². The number of hydrogen-bond acceptors (Lipinski definition) is 3. The Hall–Kier alpha value is -3.44. The van der Waals surface area contributed by atoms with Gasteiger partial charge in [0.05, 0.1) is 0 Å². The van der Waals surface area contributed by atoms with Gasteiger partial charge in [-0.15, -0.1) is 13.2 Å². The Bertz CT molecular complexity index is 1100. The lowest BCUT2D eigenvalue weighted by Gasteiger charge is -2.24. The minimum absolute atomic E-state index is 0.357. The molecule has 0 amide bonds. The summed E-state index contributed by atoms with van der Waals surface area (Å²) in [4.78, 5) is 0. The molecule has 0 aliphatic carbocycles. The normalized spacial score (nSPS) is 15.3. The van der Waals surface area contributed by atoms with Crippen LogP contribution in [-0.4, -0.2) is 6.36 Å². The highest BCUT2D eigenvalue weighted by molar-refractivity contribution is 7.72. The van der Waals surface area contributed by atoms with Gasteiger partial charge in [-0.25, -0.2) is 0 Å². The maximum absolute atomic E-state index is 13.7. The fraction of sp³-hybridized carbons (Fsp3) is 0.0435. The van der Waals surface area contributed by atoms with E-state index in [2.05, 4.69) is 9.82 Å². The summed E-state index contributed by atoms with van der Waals surface area (Å²) in [5.41, 5.74) is 1.88. The number of benzene rings is 3. The first-order chi connectivity index (χ1) is 14.8. The minimum Gasteiger partial charge on any atom is -0.456 e. The van der Waals surface area contributed by atoms with Gasteiger partial charge in [-0.1, -0.05) is 60.7 Å². The molecule has 1 aliphatic rings. The maximum Gasteiger partial charge on any atom is 0.573 e. The molecule has 3 aromatic carbocycles. The molecule has 0 fully saturated rings. The standard InChI is InChI=1S/C23H17F3NO3P/c24-23(25,26)30-20-13-11-19(12-14-20)27-31(28)15-21(17-7-3-1-4-8-17)29-22(16-31)18-9-5-2-6-10-18/h1-16H,(H,27,28). The van der Waals surface area contributed by atoms with Crippen molar-refractivity contribution in [3.05, 3.63) is 108 Å². The molecule has 0 atom stereocenters. The largest absolute Gasteiger partial charge is 0.573 e. The lowest BCUT2D eigenvalue weighted by Crippen LogP contribution is -2.17. The van der Waals surface area contributed by atoms with Crippen molar-refractivity contribution in [1.29, 1.82) is 0 Å². The maximum atomic E-state index is 13.7. The molecule has 0 radical (unpaired) electrons. The summed E-state index contributed by atoms with van der Waals surface area (Å²) in [5, 5.41) is 2.93. The predicted octanol–water partition coefficient (Wildman–Crippen LogP) is 7.30. The van der Waals surface area contributed by atoms with Gasteiger partial charge < -0.3 is 14.6 Å². The first-order valence-corrected chi connectivity index (χ1v) is 11.1. The van der Waals surface area contributed by atoms with Crippen molar-refractivity contribution in [1.82, 2.24) is 0 Å². The van der Waals surface area contributed by atoms with E-state index in [1.54, 1.807) is 0 Å². The molecule has 1 aliphatic heterocycles. The van der Waals surface area contributed by atoms with Crippen molar-refractivity contribution in [3.63, 3.8) is 0 Å². The fourth-order valence-corrected chi connectivity index (χ4v) is 4.88. The molecule has 4 nitrogen and oxygen atoms in total. The smallest absolute Gasteiger partial charge is 0.456 e. The molecule has 158 valence electrons. The van der Waals surface area contributed by atoms with E-state index in [9.17, 15) is 17.7 Å². The highest BCUT2D eigenvalue weighted by Crippen LogP contribution is 2.56. The van der Waals surface area contributed by atoms with Crippen molar-refractivity contribution < 1.29 is 27.2 Å². The SMILES string of the molecule is O=P1(Nc2ccc(OC(F)(F)F)cc2)C=C(c2ccccc2)OC(c2ccccc2)=C1. The second-order valence-corrected chi connectivity index (χ2v) is 8.87. The summed E-state index contributed by atoms with van der Waals surface area (Å²) in [6.45, 7) is 0. The quantitative estimate of drug-likeness (QED) is 0.420. The molecule has 4 rings (SSSR count). The Morgan fingerprint density at radius 1 is 0.742 bits per heavy atom. The van der Waals surface area contributed by atoms with Crippen molar-refractivity contribution in [2.24, 2.45) is 0 Å². The van der Waals surface area contributed by atoms with Gasteiger partial charge >= 0.3 is 6.36 Å². The summed E-state index contributed by atoms with van der Waals surface area (Å²) >= 11 is 0. The summed E-state index contributed by atoms with van der Waals surface area (Å²) < 4.78 is 60.8. The lowest BCUT2D eigenvalue weighted by molar-refractivity contribution is -0.274. The number of hydrogen-bond donors (Lipinski definition) is 1. The van der Waals surface area contributed by atoms with Crippen molar-refractivity contribution in [3.8, 4) is 5.75 Å². The molecule has 0 spiro atoms. The van der Waals surface area contributed by atoms with Gasteiger partial charge in [0.1, 0.15) is 17.3 Å². The number of alkyl halides is 3. The van der Waals surface area contributed by atoms with Crippen LogP contribution >= 0.6 is 7.29 Å². The molecule has 31 heavy (non-hydrogen) atoms. The third-order valence-corrected chi connectivity index (χ3v) is 6.19. The second-order valence-electron chi connectivity index (χ2n) is 6.71. The van der Waals surface area contributed by atoms with Crippen LogP contribution in [0.15, 0.2) is 96.6 Å². The highest BCUT2D eigenvalue weighted by Gasteiger charge is 2.31. The molecule has 1 heterocycles. The van der Waals surface area contributed by atoms with Crippen molar-refractivity contribution in [2.75, 3.05) is 5.09 Å². The first-order valence-electron chi connectivity index (χ1n) is 9.28. The van der Waals surface area contributed by atoms with Gasteiger partial charge in [-0.3, -0.25) is 4.57 Å². The third kappa shape index (κ3) is 5.38. The Kier molecular flexibility index (Phi) is 5.61. The van der Waals surface area contributed by atoms with E-state index in [0.29, 0.717) is 17.2 Å². The summed E-state index contributed by atoms with van der Waals surface area (Å²) in [6, 6.07) is 23.5. The highest BCUT2D eigenvalue weighted by atomic mass is 31.2. The molecule has 0 saturated carbocycles. The van der Waals surface area contributed by atoms with Crippen LogP contribution in [0.3, 0.4) is 0 Å². The zero-order chi connectivity index (χ0) is 21.9. The average Bonchev–Trinajstić information content (AvgIpc) is 2.75. The van der Waals surface area contributed by atoms with Crippen LogP contribution in [-0.2, 0) is 9.30 Å². The summed E-state index contributed by atoms with van der Waals surface area (Å²) in [7, 11) is -3.30. The predicted molar refractivity (Wildman–Crippen MR) is 114 cm³/mol. The molecule has 8 heteroatoms. The van der Waals surface area contributed by atoms with Crippen LogP contribution in [0.2, 0.25) is 0 Å². The molecular formula is C23H17F3NO3P. The Morgan fingerprint density at radius 2 is 1.23 bits per heavy atom. The molecule has 0 aromatic heterocycles. The van der Waals surface area contributed by atoms with E-state index in [4.69, 9.17) is 4.74 Å². The molecule has 0 unspecified atom stereocenters. The van der Waals surface area contributed by atoms with Crippen LogP contribution in [0.4, 0.5) is 18.9 Å². The third-order valence-electron chi connectivity index (χ3n) is 4.35. The summed E-state index contributed by atoms with van der Waals surface area (Å²) in [6.07, 6.45) is -4.77. The van der Waals surface area contributed by atoms with E-state index in [-0.39, 0.29) is 5.75 Å². The molecule has 0 bridgehead atoms. The van der Waals surface area contributed by atoms with Crippen molar-refractivity contribution >= 4 is 24.5 Å². The van der Waals surface area contributed by atoms with E-state index >= 15 is 0 Å². The van der Waals surface area contributed by atoms with Crippen LogP contribution in [0.5, 0.6) is 5.75 Å². The van der Waals surface area contributed by atoms with E-state index < -0.39 is 13.7 Å². The minimum atomic E-state index is -4.77. The first kappa shape index (κ1) is 20.8. The molecule has 1 N–H and O–H groups in total. The molecular weight excluding hydrogens is 426 g/mol. The lowest BCUT2D eigenvalue weighted by atomic mass is 10.2. The fourth-order valence-electron chi connectivity index (χ4n) is 3.03. The average molecular weight is 443 g/mol. The number of halogens is 3. The van der Waals surface area contributed by atoms with Gasteiger partial charge in [-0.05, 0) is 24.3 Å². The van der Waals surface area contributed by atoms with E-state index in [0.717, 1.165) is 23.3 Å². The Labute approximate surface area is 177 Å². The number of rotatable bonds is 5. The molecule has 3 aromatic rings. The van der Waals surface area contributed by atoms with Gasteiger partial charge in [-0.2, -0.15) is 0 Å². The Morgan fingerprint density at radius 3 is 1.68 bits per heavy atom. The van der Waals surface area contributed by atoms with Crippen molar-refractivity contribution in [2.45, 2.75) is 6.36 Å². The molecule has 0 saturated heterocycles. The number of ether oxygens (including phenoxy) is 2. The van der Waals surface area contributed by atoms with E-state index in [1.165, 1.54) is 23.8 Å². The number of anilines is 1. The monoisotopic (exact) mass is 443 g/mol. The zero-order valence-corrected chi connectivity index (χ0v) is 16.9. The van der Waals surface area contributed by atoms with Crippen LogP contribution in [0, 0.1) is 0 Å². The van der Waals surface area contributed by atoms with Gasteiger partial charge in [0.2, 0.25) is 7.29 Å². The van der Waals surface area contributed by atoms with Crippen LogP contribution < -0.4 is 9.82 Å². The number of nitrogens with one attached hydrogen (secondary N) is 1. The zero-order valence-electron chi connectivity index (χ0n) is 16.0. The van der Waals surface area contributed by atoms with Crippen LogP contribution in [0.25, 0.3) is 11.5 Å². The van der Waals surface area contributed by atoms with Crippen LogP contribution in [0.1, 0.15) is 11.1 Å².